The molecule has 1 aliphatic rings. The van der Waals surface area contributed by atoms with Crippen LogP contribution in [-0.4, -0.2) is 53.8 Å². The first-order valence-corrected chi connectivity index (χ1v) is 10.9. The minimum Gasteiger partial charge on any atom is -0.480 e. The van der Waals surface area contributed by atoms with Crippen LogP contribution < -0.4 is 0 Å². The molecule has 2 aromatic carbocycles. The molecule has 1 fully saturated rings. The molecule has 0 saturated carbocycles. The van der Waals surface area contributed by atoms with Crippen LogP contribution in [0.5, 0.6) is 0 Å². The Bertz CT molecular complexity index is 1310. The highest BCUT2D eigenvalue weighted by Gasteiger charge is 2.33. The lowest BCUT2D eigenvalue weighted by Gasteiger charge is -2.10. The quantitative estimate of drug-likeness (QED) is 0.314. The highest BCUT2D eigenvalue weighted by atomic mass is 32.2. The van der Waals surface area contributed by atoms with Crippen molar-refractivity contribution in [3.63, 3.8) is 0 Å². The molecule has 0 bridgehead atoms. The van der Waals surface area contributed by atoms with E-state index < -0.39 is 18.4 Å². The first kappa shape index (κ1) is 21.8. The molecular weight excluding hydrogens is 466 g/mol. The minimum atomic E-state index is -1.11. The van der Waals surface area contributed by atoms with Gasteiger partial charge in [-0.1, -0.05) is 78.6 Å². The maximum atomic E-state index is 12.4. The van der Waals surface area contributed by atoms with E-state index in [1.165, 1.54) is 0 Å². The number of nitrogens with one attached hydrogen (secondary N) is 1. The molecular formula is C21H15N5O3S3. The van der Waals surface area contributed by atoms with Crippen LogP contribution in [0.2, 0.25) is 0 Å². The summed E-state index contributed by atoms with van der Waals surface area (Å²) in [7, 11) is 0. The largest absolute Gasteiger partial charge is 0.480 e. The second kappa shape index (κ2) is 9.39. The Balaban J connectivity index is 1.52. The number of H-pyrrole nitrogens is 1. The molecule has 0 atom stereocenters. The summed E-state index contributed by atoms with van der Waals surface area (Å²) in [6, 6.07) is 16.9. The summed E-state index contributed by atoms with van der Waals surface area (Å²) in [6.07, 6.45) is 3.34. The molecule has 1 aliphatic heterocycles. The van der Waals surface area contributed by atoms with Crippen molar-refractivity contribution in [2.45, 2.75) is 0 Å². The van der Waals surface area contributed by atoms with E-state index in [0.717, 1.165) is 33.4 Å². The van der Waals surface area contributed by atoms with Crippen LogP contribution >= 0.6 is 36.2 Å². The third-order valence-electron chi connectivity index (χ3n) is 4.41. The molecule has 2 heterocycles. The molecule has 160 valence electrons. The van der Waals surface area contributed by atoms with E-state index in [9.17, 15) is 9.59 Å². The number of hydrogen-bond acceptors (Lipinski definition) is 7. The summed E-state index contributed by atoms with van der Waals surface area (Å²) >= 11 is 11.5. The second-order valence-electron chi connectivity index (χ2n) is 6.60. The molecule has 1 saturated heterocycles. The van der Waals surface area contributed by atoms with Gasteiger partial charge in [-0.05, 0) is 29.4 Å². The Labute approximate surface area is 197 Å². The van der Waals surface area contributed by atoms with Crippen molar-refractivity contribution < 1.29 is 14.7 Å². The molecule has 0 radical (unpaired) electrons. The Kier molecular flexibility index (Phi) is 6.40. The lowest BCUT2D eigenvalue weighted by Crippen LogP contribution is -2.33. The van der Waals surface area contributed by atoms with Gasteiger partial charge in [0, 0.05) is 5.56 Å². The molecule has 0 aliphatic carbocycles. The number of carbonyl (C=O) groups is 2. The Morgan fingerprint density at radius 3 is 2.50 bits per heavy atom. The number of thioether (sulfide) groups is 1. The van der Waals surface area contributed by atoms with E-state index in [1.54, 1.807) is 17.0 Å². The van der Waals surface area contributed by atoms with Crippen LogP contribution in [0, 0.1) is 4.77 Å². The molecule has 2 N–H and O–H groups in total. The van der Waals surface area contributed by atoms with E-state index in [2.05, 4.69) is 15.3 Å². The van der Waals surface area contributed by atoms with Crippen molar-refractivity contribution in [2.24, 2.45) is 5.10 Å². The van der Waals surface area contributed by atoms with Crippen molar-refractivity contribution >= 4 is 64.7 Å². The fourth-order valence-electron chi connectivity index (χ4n) is 2.90. The van der Waals surface area contributed by atoms with Crippen LogP contribution in [0.3, 0.4) is 0 Å². The van der Waals surface area contributed by atoms with E-state index in [0.29, 0.717) is 15.5 Å². The van der Waals surface area contributed by atoms with Gasteiger partial charge in [0.25, 0.3) is 5.91 Å². The Morgan fingerprint density at radius 1 is 1.12 bits per heavy atom. The molecule has 8 nitrogen and oxygen atoms in total. The van der Waals surface area contributed by atoms with Gasteiger partial charge < -0.3 is 5.11 Å². The third-order valence-corrected chi connectivity index (χ3v) is 6.05. The van der Waals surface area contributed by atoms with Crippen molar-refractivity contribution in [3.05, 3.63) is 75.4 Å². The average molecular weight is 482 g/mol. The number of amides is 1. The highest BCUT2D eigenvalue weighted by molar-refractivity contribution is 8.26. The summed E-state index contributed by atoms with van der Waals surface area (Å²) in [4.78, 5) is 24.8. The van der Waals surface area contributed by atoms with Gasteiger partial charge in [0.15, 0.2) is 5.82 Å². The van der Waals surface area contributed by atoms with E-state index >= 15 is 0 Å². The van der Waals surface area contributed by atoms with Gasteiger partial charge in [-0.25, -0.2) is 5.10 Å². The second-order valence-corrected chi connectivity index (χ2v) is 8.67. The van der Waals surface area contributed by atoms with E-state index in [4.69, 9.17) is 29.5 Å². The van der Waals surface area contributed by atoms with E-state index in [-0.39, 0.29) is 4.32 Å². The van der Waals surface area contributed by atoms with Crippen LogP contribution in [0.4, 0.5) is 0 Å². The molecule has 3 aromatic rings. The van der Waals surface area contributed by atoms with Crippen molar-refractivity contribution in [3.8, 4) is 11.4 Å². The Hall–Kier alpha value is -3.41. The van der Waals surface area contributed by atoms with Gasteiger partial charge >= 0.3 is 5.97 Å². The summed E-state index contributed by atoms with van der Waals surface area (Å²) in [5, 5.41) is 20.4. The SMILES string of the molecule is O=C(O)CN1C(=O)/C(=C/c2ccc(/C=N/n3c(-c4ccccc4)n[nH]c3=S)cc2)SC1=S. The summed E-state index contributed by atoms with van der Waals surface area (Å²) in [5.41, 5.74) is 2.48. The fourth-order valence-corrected chi connectivity index (χ4v) is 4.33. The standard InChI is InChI=1S/C21H15N5O3S3/c27-17(28)12-25-19(29)16(32-21(25)31)10-13-6-8-14(9-7-13)11-22-26-18(23-24-20(26)30)15-4-2-1-3-5-15/h1-11H,12H2,(H,24,30)(H,27,28)/b16-10-,22-11+. The number of carboxylic acid groups (broad SMARTS) is 1. The van der Waals surface area contributed by atoms with Gasteiger partial charge in [-0.15, -0.1) is 0 Å². The minimum absolute atomic E-state index is 0.235. The molecule has 1 amide bonds. The van der Waals surface area contributed by atoms with Crippen LogP contribution in [0.25, 0.3) is 17.5 Å². The van der Waals surface area contributed by atoms with Crippen molar-refractivity contribution in [1.82, 2.24) is 19.8 Å². The normalized spacial score (nSPS) is 15.2. The predicted octanol–water partition coefficient (Wildman–Crippen LogP) is 3.78. The van der Waals surface area contributed by atoms with Crippen molar-refractivity contribution in [1.29, 1.82) is 0 Å². The number of carbonyl (C=O) groups excluding carboxylic acids is 1. The lowest BCUT2D eigenvalue weighted by molar-refractivity contribution is -0.140. The molecule has 32 heavy (non-hydrogen) atoms. The number of hydrogen-bond donors (Lipinski definition) is 2. The van der Waals surface area contributed by atoms with Gasteiger partial charge in [0.1, 0.15) is 10.9 Å². The molecule has 11 heteroatoms. The monoisotopic (exact) mass is 481 g/mol. The first-order chi connectivity index (χ1) is 15.4. The number of aromatic nitrogens is 3. The number of thiocarbonyl (C=S) groups is 1. The lowest BCUT2D eigenvalue weighted by atomic mass is 10.1. The zero-order valence-electron chi connectivity index (χ0n) is 16.3. The summed E-state index contributed by atoms with van der Waals surface area (Å²) in [5.74, 6) is -0.915. The average Bonchev–Trinajstić information content (AvgIpc) is 3.28. The molecule has 0 spiro atoms. The third kappa shape index (κ3) is 4.74. The number of nitrogens with zero attached hydrogens (tertiary/aromatic N) is 4. The van der Waals surface area contributed by atoms with Gasteiger partial charge in [-0.2, -0.15) is 14.9 Å². The predicted molar refractivity (Wildman–Crippen MR) is 130 cm³/mol. The molecule has 1 aromatic heterocycles. The highest BCUT2D eigenvalue weighted by Crippen LogP contribution is 2.32. The molecule has 0 unspecified atom stereocenters. The number of benzene rings is 2. The first-order valence-electron chi connectivity index (χ1n) is 9.27. The van der Waals surface area contributed by atoms with Gasteiger partial charge in [0.2, 0.25) is 4.77 Å². The van der Waals surface area contributed by atoms with Gasteiger partial charge in [-0.3, -0.25) is 14.5 Å². The maximum absolute atomic E-state index is 12.4. The van der Waals surface area contributed by atoms with E-state index in [1.807, 2.05) is 54.6 Å². The van der Waals surface area contributed by atoms with Crippen LogP contribution in [0.15, 0.2) is 64.6 Å². The van der Waals surface area contributed by atoms with Crippen molar-refractivity contribution in [2.75, 3.05) is 6.54 Å². The van der Waals surface area contributed by atoms with Gasteiger partial charge in [0.05, 0.1) is 11.1 Å². The maximum Gasteiger partial charge on any atom is 0.323 e. The number of aliphatic carboxylic acids is 1. The number of aromatic amines is 1. The fraction of sp³-hybridized carbons (Fsp3) is 0.0476. The Morgan fingerprint density at radius 2 is 1.81 bits per heavy atom. The van der Waals surface area contributed by atoms with Crippen LogP contribution in [0.1, 0.15) is 11.1 Å². The smallest absolute Gasteiger partial charge is 0.323 e. The summed E-state index contributed by atoms with van der Waals surface area (Å²) in [6.45, 7) is -0.446. The topological polar surface area (TPSA) is 104 Å². The van der Waals surface area contributed by atoms with Crippen LogP contribution in [-0.2, 0) is 9.59 Å². The number of rotatable bonds is 6. The molecule has 4 rings (SSSR count). The zero-order valence-corrected chi connectivity index (χ0v) is 18.8. The zero-order chi connectivity index (χ0) is 22.7. The number of carboxylic acids is 1. The summed E-state index contributed by atoms with van der Waals surface area (Å²) < 4.78 is 2.16.